The molecule has 1 saturated heterocycles. The first-order valence-corrected chi connectivity index (χ1v) is 4.53. The molecule has 2 nitrogen and oxygen atoms in total. The second-order valence-electron chi connectivity index (χ2n) is 3.56. The highest BCUT2D eigenvalue weighted by Crippen LogP contribution is 2.20. The lowest BCUT2D eigenvalue weighted by atomic mass is 10.2. The van der Waals surface area contributed by atoms with Gasteiger partial charge in [-0.2, -0.15) is 5.26 Å². The van der Waals surface area contributed by atoms with Gasteiger partial charge in [-0.25, -0.2) is 0 Å². The van der Waals surface area contributed by atoms with Crippen molar-refractivity contribution in [2.45, 2.75) is 26.2 Å². The molecule has 0 amide bonds. The van der Waals surface area contributed by atoms with Crippen LogP contribution in [0.3, 0.4) is 0 Å². The third-order valence-electron chi connectivity index (χ3n) is 2.40. The Morgan fingerprint density at radius 1 is 1.75 bits per heavy atom. The van der Waals surface area contributed by atoms with Crippen LogP contribution in [0.5, 0.6) is 0 Å². The fourth-order valence-electron chi connectivity index (χ4n) is 1.58. The van der Waals surface area contributed by atoms with Crippen LogP contribution in [-0.2, 0) is 0 Å². The van der Waals surface area contributed by atoms with Crippen molar-refractivity contribution in [3.8, 4) is 6.07 Å². The van der Waals surface area contributed by atoms with E-state index in [1.165, 1.54) is 6.42 Å². The van der Waals surface area contributed by atoms with E-state index in [9.17, 15) is 0 Å². The maximum absolute atomic E-state index is 8.40. The molecular weight excluding hydrogens is 148 g/mol. The standard InChI is InChI=1S/C10H16N2/c1-9-5-7-12(8-9)10(2)4-3-6-11/h9H,2-5,7-8H2,1H3. The van der Waals surface area contributed by atoms with Gasteiger partial charge in [-0.15, -0.1) is 0 Å². The molecule has 1 unspecified atom stereocenters. The lowest BCUT2D eigenvalue weighted by Gasteiger charge is -2.19. The van der Waals surface area contributed by atoms with Crippen molar-refractivity contribution in [2.75, 3.05) is 13.1 Å². The van der Waals surface area contributed by atoms with Crippen LogP contribution >= 0.6 is 0 Å². The highest BCUT2D eigenvalue weighted by molar-refractivity contribution is 4.98. The molecule has 0 bridgehead atoms. The molecule has 1 rings (SSSR count). The van der Waals surface area contributed by atoms with Crippen LogP contribution in [0.1, 0.15) is 26.2 Å². The number of hydrogen-bond acceptors (Lipinski definition) is 2. The Morgan fingerprint density at radius 3 is 3.00 bits per heavy atom. The minimum absolute atomic E-state index is 0.601. The van der Waals surface area contributed by atoms with E-state index in [2.05, 4.69) is 24.5 Å². The number of allylic oxidation sites excluding steroid dienone is 1. The SMILES string of the molecule is C=C(CCC#N)N1CCC(C)C1. The molecule has 1 aliphatic heterocycles. The largest absolute Gasteiger partial charge is 0.375 e. The summed E-state index contributed by atoms with van der Waals surface area (Å²) < 4.78 is 0. The first-order valence-electron chi connectivity index (χ1n) is 4.53. The zero-order valence-corrected chi connectivity index (χ0v) is 7.71. The zero-order valence-electron chi connectivity index (χ0n) is 7.71. The summed E-state index contributed by atoms with van der Waals surface area (Å²) in [4.78, 5) is 2.31. The summed E-state index contributed by atoms with van der Waals surface area (Å²) in [6, 6.07) is 2.15. The van der Waals surface area contributed by atoms with Crippen molar-refractivity contribution in [2.24, 2.45) is 5.92 Å². The number of nitriles is 1. The molecule has 1 aliphatic rings. The molecule has 0 aliphatic carbocycles. The first-order chi connectivity index (χ1) is 5.74. The van der Waals surface area contributed by atoms with E-state index in [1.54, 1.807) is 0 Å². The van der Waals surface area contributed by atoms with Gasteiger partial charge in [-0.05, 0) is 18.8 Å². The summed E-state index contributed by atoms with van der Waals surface area (Å²) >= 11 is 0. The van der Waals surface area contributed by atoms with Gasteiger partial charge in [0.15, 0.2) is 0 Å². The first kappa shape index (κ1) is 9.12. The molecule has 0 N–H and O–H groups in total. The fourth-order valence-corrected chi connectivity index (χ4v) is 1.58. The Bertz CT molecular complexity index is 202. The van der Waals surface area contributed by atoms with E-state index in [0.717, 1.165) is 31.1 Å². The summed E-state index contributed by atoms with van der Waals surface area (Å²) in [6.45, 7) is 8.50. The van der Waals surface area contributed by atoms with Gasteiger partial charge in [0.05, 0.1) is 6.07 Å². The maximum Gasteiger partial charge on any atom is 0.0625 e. The smallest absolute Gasteiger partial charge is 0.0625 e. The van der Waals surface area contributed by atoms with Crippen LogP contribution in [0.25, 0.3) is 0 Å². The minimum Gasteiger partial charge on any atom is -0.375 e. The van der Waals surface area contributed by atoms with Gasteiger partial charge in [0.1, 0.15) is 0 Å². The summed E-state index contributed by atoms with van der Waals surface area (Å²) in [5, 5.41) is 8.40. The summed E-state index contributed by atoms with van der Waals surface area (Å²) in [6.07, 6.45) is 2.71. The highest BCUT2D eigenvalue weighted by atomic mass is 15.2. The Balaban J connectivity index is 2.29. The molecule has 66 valence electrons. The molecule has 12 heavy (non-hydrogen) atoms. The van der Waals surface area contributed by atoms with Gasteiger partial charge in [-0.1, -0.05) is 13.5 Å². The van der Waals surface area contributed by atoms with E-state index in [0.29, 0.717) is 6.42 Å². The number of rotatable bonds is 3. The van der Waals surface area contributed by atoms with Gasteiger partial charge in [-0.3, -0.25) is 0 Å². The Hall–Kier alpha value is -0.970. The lowest BCUT2D eigenvalue weighted by molar-refractivity contribution is 0.397. The second kappa shape index (κ2) is 4.15. The minimum atomic E-state index is 0.601. The van der Waals surface area contributed by atoms with E-state index >= 15 is 0 Å². The van der Waals surface area contributed by atoms with E-state index in [1.807, 2.05) is 0 Å². The van der Waals surface area contributed by atoms with Crippen molar-refractivity contribution in [1.29, 1.82) is 5.26 Å². The normalized spacial score (nSPS) is 22.3. The van der Waals surface area contributed by atoms with Crippen LogP contribution < -0.4 is 0 Å². The van der Waals surface area contributed by atoms with Gasteiger partial charge < -0.3 is 4.90 Å². The molecule has 0 radical (unpaired) electrons. The second-order valence-corrected chi connectivity index (χ2v) is 3.56. The third-order valence-corrected chi connectivity index (χ3v) is 2.40. The molecule has 1 atom stereocenters. The van der Waals surface area contributed by atoms with Crippen LogP contribution in [0.15, 0.2) is 12.3 Å². The van der Waals surface area contributed by atoms with Crippen molar-refractivity contribution >= 4 is 0 Å². The molecule has 0 aromatic heterocycles. The molecule has 0 aromatic carbocycles. The molecular formula is C10H16N2. The molecule has 1 heterocycles. The van der Waals surface area contributed by atoms with Gasteiger partial charge in [0.2, 0.25) is 0 Å². The monoisotopic (exact) mass is 164 g/mol. The summed E-state index contributed by atoms with van der Waals surface area (Å²) in [5.74, 6) is 0.795. The van der Waals surface area contributed by atoms with E-state index in [4.69, 9.17) is 5.26 Å². The fraction of sp³-hybridized carbons (Fsp3) is 0.700. The zero-order chi connectivity index (χ0) is 8.97. The predicted molar refractivity (Wildman–Crippen MR) is 49.3 cm³/mol. The Labute approximate surface area is 74.5 Å². The average molecular weight is 164 g/mol. The lowest BCUT2D eigenvalue weighted by Crippen LogP contribution is -2.18. The maximum atomic E-state index is 8.40. The van der Waals surface area contributed by atoms with Gasteiger partial charge in [0.25, 0.3) is 0 Å². The molecule has 2 heteroatoms. The highest BCUT2D eigenvalue weighted by Gasteiger charge is 2.18. The molecule has 0 saturated carbocycles. The summed E-state index contributed by atoms with van der Waals surface area (Å²) in [5.41, 5.74) is 1.14. The number of nitrogens with zero attached hydrogens (tertiary/aromatic N) is 2. The van der Waals surface area contributed by atoms with Gasteiger partial charge in [0, 0.05) is 25.2 Å². The molecule has 1 fully saturated rings. The van der Waals surface area contributed by atoms with Crippen molar-refractivity contribution in [3.05, 3.63) is 12.3 Å². The van der Waals surface area contributed by atoms with E-state index in [-0.39, 0.29) is 0 Å². The molecule has 0 spiro atoms. The van der Waals surface area contributed by atoms with E-state index < -0.39 is 0 Å². The van der Waals surface area contributed by atoms with Gasteiger partial charge >= 0.3 is 0 Å². The average Bonchev–Trinajstić information content (AvgIpc) is 2.47. The van der Waals surface area contributed by atoms with Crippen LogP contribution in [0, 0.1) is 17.2 Å². The van der Waals surface area contributed by atoms with Crippen molar-refractivity contribution < 1.29 is 0 Å². The van der Waals surface area contributed by atoms with Crippen LogP contribution in [0.4, 0.5) is 0 Å². The number of hydrogen-bond donors (Lipinski definition) is 0. The number of likely N-dealkylation sites (tertiary alicyclic amines) is 1. The predicted octanol–water partition coefficient (Wildman–Crippen LogP) is 2.15. The van der Waals surface area contributed by atoms with Crippen LogP contribution in [-0.4, -0.2) is 18.0 Å². The topological polar surface area (TPSA) is 27.0 Å². The van der Waals surface area contributed by atoms with Crippen LogP contribution in [0.2, 0.25) is 0 Å². The summed E-state index contributed by atoms with van der Waals surface area (Å²) in [7, 11) is 0. The van der Waals surface area contributed by atoms with Crippen molar-refractivity contribution in [1.82, 2.24) is 4.90 Å². The Morgan fingerprint density at radius 2 is 2.50 bits per heavy atom. The third kappa shape index (κ3) is 2.27. The Kier molecular flexibility index (Phi) is 3.16. The van der Waals surface area contributed by atoms with Crippen molar-refractivity contribution in [3.63, 3.8) is 0 Å². The quantitative estimate of drug-likeness (QED) is 0.639. The molecule has 0 aromatic rings.